The Morgan fingerprint density at radius 3 is 2.50 bits per heavy atom. The third kappa shape index (κ3) is 5.59. The second kappa shape index (κ2) is 6.78. The van der Waals surface area contributed by atoms with Crippen molar-refractivity contribution >= 4 is 11.9 Å². The van der Waals surface area contributed by atoms with Gasteiger partial charge < -0.3 is 15.2 Å². The molecule has 0 unspecified atom stereocenters. The van der Waals surface area contributed by atoms with E-state index in [1.165, 1.54) is 18.2 Å². The Labute approximate surface area is 112 Å². The summed E-state index contributed by atoms with van der Waals surface area (Å²) in [5.41, 5.74) is -0.264. The van der Waals surface area contributed by atoms with E-state index in [0.717, 1.165) is 6.07 Å². The first-order valence-corrected chi connectivity index (χ1v) is 5.64. The average molecular weight is 291 g/mol. The van der Waals surface area contributed by atoms with Crippen LogP contribution in [-0.4, -0.2) is 29.9 Å². The lowest BCUT2D eigenvalue weighted by molar-refractivity contribution is -0.274. The normalized spacial score (nSPS) is 10.9. The topological polar surface area (TPSA) is 75.6 Å². The molecule has 1 aromatic rings. The van der Waals surface area contributed by atoms with Crippen LogP contribution in [-0.2, 0) is 4.79 Å². The summed E-state index contributed by atoms with van der Waals surface area (Å²) in [4.78, 5) is 22.0. The Hall–Kier alpha value is -2.25. The molecule has 1 aromatic carbocycles. The smallest absolute Gasteiger partial charge is 0.481 e. The number of hydrogen-bond acceptors (Lipinski definition) is 3. The molecule has 0 heterocycles. The Balaban J connectivity index is 2.65. The van der Waals surface area contributed by atoms with Gasteiger partial charge in [0.2, 0.25) is 0 Å². The third-order valence-corrected chi connectivity index (χ3v) is 2.21. The van der Waals surface area contributed by atoms with Crippen molar-refractivity contribution in [2.24, 2.45) is 0 Å². The van der Waals surface area contributed by atoms with Crippen molar-refractivity contribution in [3.05, 3.63) is 29.8 Å². The van der Waals surface area contributed by atoms with Crippen LogP contribution >= 0.6 is 0 Å². The van der Waals surface area contributed by atoms with E-state index in [4.69, 9.17) is 5.11 Å². The molecule has 20 heavy (non-hydrogen) atoms. The van der Waals surface area contributed by atoms with Gasteiger partial charge in [0.15, 0.2) is 0 Å². The van der Waals surface area contributed by atoms with E-state index in [1.54, 1.807) is 0 Å². The first-order chi connectivity index (χ1) is 9.29. The quantitative estimate of drug-likeness (QED) is 0.788. The zero-order valence-corrected chi connectivity index (χ0v) is 10.2. The number of carbonyl (C=O) groups excluding carboxylic acids is 1. The molecule has 0 aliphatic carbocycles. The number of halogens is 3. The van der Waals surface area contributed by atoms with E-state index in [-0.39, 0.29) is 24.9 Å². The predicted molar refractivity (Wildman–Crippen MR) is 62.3 cm³/mol. The summed E-state index contributed by atoms with van der Waals surface area (Å²) in [6.07, 6.45) is -4.84. The third-order valence-electron chi connectivity index (χ3n) is 2.21. The van der Waals surface area contributed by atoms with Gasteiger partial charge in [0, 0.05) is 13.0 Å². The van der Waals surface area contributed by atoms with Gasteiger partial charge >= 0.3 is 12.3 Å². The highest BCUT2D eigenvalue weighted by molar-refractivity contribution is 5.96. The second-order valence-corrected chi connectivity index (χ2v) is 3.80. The van der Waals surface area contributed by atoms with Gasteiger partial charge in [0.05, 0.1) is 5.56 Å². The predicted octanol–water partition coefficient (Wildman–Crippen LogP) is 2.18. The number of carboxylic acids is 1. The Morgan fingerprint density at radius 2 is 1.90 bits per heavy atom. The van der Waals surface area contributed by atoms with E-state index in [0.29, 0.717) is 0 Å². The van der Waals surface area contributed by atoms with Crippen molar-refractivity contribution in [1.29, 1.82) is 0 Å². The summed E-state index contributed by atoms with van der Waals surface area (Å²) in [7, 11) is 0. The Bertz CT molecular complexity index is 488. The summed E-state index contributed by atoms with van der Waals surface area (Å²) in [6, 6.07) is 4.92. The number of ether oxygens (including phenoxy) is 1. The maximum Gasteiger partial charge on any atom is 0.573 e. The van der Waals surface area contributed by atoms with Crippen molar-refractivity contribution < 1.29 is 32.6 Å². The molecule has 8 heteroatoms. The van der Waals surface area contributed by atoms with Crippen molar-refractivity contribution in [3.8, 4) is 5.75 Å². The van der Waals surface area contributed by atoms with Crippen molar-refractivity contribution in [2.45, 2.75) is 19.2 Å². The number of benzene rings is 1. The highest BCUT2D eigenvalue weighted by Gasteiger charge is 2.32. The van der Waals surface area contributed by atoms with Crippen LogP contribution in [0.25, 0.3) is 0 Å². The first-order valence-electron chi connectivity index (χ1n) is 5.64. The molecule has 0 aliphatic rings. The van der Waals surface area contributed by atoms with Crippen molar-refractivity contribution in [3.63, 3.8) is 0 Å². The first kappa shape index (κ1) is 15.8. The highest BCUT2D eigenvalue weighted by atomic mass is 19.4. The fraction of sp³-hybridized carbons (Fsp3) is 0.333. The number of carbonyl (C=O) groups is 2. The molecule has 0 aromatic heterocycles. The van der Waals surface area contributed by atoms with Crippen molar-refractivity contribution in [2.75, 3.05) is 6.54 Å². The SMILES string of the molecule is O=C(O)CCCNC(=O)c1ccccc1OC(F)(F)F. The molecule has 0 aliphatic heterocycles. The molecular weight excluding hydrogens is 279 g/mol. The van der Waals surface area contributed by atoms with E-state index < -0.39 is 24.0 Å². The van der Waals surface area contributed by atoms with Gasteiger partial charge in [0.25, 0.3) is 5.91 Å². The van der Waals surface area contributed by atoms with E-state index >= 15 is 0 Å². The minimum absolute atomic E-state index is 0.0471. The summed E-state index contributed by atoms with van der Waals surface area (Å²) >= 11 is 0. The molecule has 1 rings (SSSR count). The van der Waals surface area contributed by atoms with Gasteiger partial charge in [-0.2, -0.15) is 0 Å². The van der Waals surface area contributed by atoms with Crippen LogP contribution in [0.2, 0.25) is 0 Å². The number of amides is 1. The van der Waals surface area contributed by atoms with E-state index in [1.807, 2.05) is 0 Å². The van der Waals surface area contributed by atoms with Crippen LogP contribution in [0, 0.1) is 0 Å². The van der Waals surface area contributed by atoms with Crippen LogP contribution in [0.1, 0.15) is 23.2 Å². The van der Waals surface area contributed by atoms with Crippen molar-refractivity contribution in [1.82, 2.24) is 5.32 Å². The molecule has 0 saturated carbocycles. The molecule has 0 bridgehead atoms. The standard InChI is InChI=1S/C12H12F3NO4/c13-12(14,15)20-9-5-2-1-4-8(9)11(19)16-7-3-6-10(17)18/h1-2,4-5H,3,6-7H2,(H,16,19)(H,17,18). The fourth-order valence-corrected chi connectivity index (χ4v) is 1.40. The second-order valence-electron chi connectivity index (χ2n) is 3.80. The zero-order valence-electron chi connectivity index (χ0n) is 10.2. The lowest BCUT2D eigenvalue weighted by atomic mass is 10.2. The maximum absolute atomic E-state index is 12.2. The number of hydrogen-bond donors (Lipinski definition) is 2. The molecule has 5 nitrogen and oxygen atoms in total. The number of carboxylic acid groups (broad SMARTS) is 1. The summed E-state index contributed by atoms with van der Waals surface area (Å²) in [5, 5.41) is 10.7. The number of para-hydroxylation sites is 1. The molecule has 0 fully saturated rings. The van der Waals surface area contributed by atoms with Gasteiger partial charge in [-0.15, -0.1) is 13.2 Å². The molecule has 2 N–H and O–H groups in total. The Kier molecular flexibility index (Phi) is 5.36. The summed E-state index contributed by atoms with van der Waals surface area (Å²) in [5.74, 6) is -2.37. The summed E-state index contributed by atoms with van der Waals surface area (Å²) < 4.78 is 40.2. The van der Waals surface area contributed by atoms with Gasteiger partial charge in [-0.3, -0.25) is 9.59 Å². The molecule has 110 valence electrons. The van der Waals surface area contributed by atoms with Crippen LogP contribution in [0.4, 0.5) is 13.2 Å². The lowest BCUT2D eigenvalue weighted by Gasteiger charge is -2.12. The molecule has 0 spiro atoms. The van der Waals surface area contributed by atoms with E-state index in [9.17, 15) is 22.8 Å². The minimum Gasteiger partial charge on any atom is -0.481 e. The number of alkyl halides is 3. The minimum atomic E-state index is -4.89. The van der Waals surface area contributed by atoms with Crippen LogP contribution in [0.5, 0.6) is 5.75 Å². The molecular formula is C12H12F3NO4. The fourth-order valence-electron chi connectivity index (χ4n) is 1.40. The largest absolute Gasteiger partial charge is 0.573 e. The van der Waals surface area contributed by atoms with E-state index in [2.05, 4.69) is 10.1 Å². The monoisotopic (exact) mass is 291 g/mol. The zero-order chi connectivity index (χ0) is 15.2. The van der Waals surface area contributed by atoms with Crippen LogP contribution < -0.4 is 10.1 Å². The highest BCUT2D eigenvalue weighted by Crippen LogP contribution is 2.26. The van der Waals surface area contributed by atoms with Gasteiger partial charge in [-0.25, -0.2) is 0 Å². The number of aliphatic carboxylic acids is 1. The van der Waals surface area contributed by atoms with Crippen LogP contribution in [0.3, 0.4) is 0 Å². The maximum atomic E-state index is 12.2. The van der Waals surface area contributed by atoms with Gasteiger partial charge in [-0.1, -0.05) is 12.1 Å². The molecule has 0 atom stereocenters. The summed E-state index contributed by atoms with van der Waals surface area (Å²) in [6.45, 7) is 0.0471. The number of nitrogens with one attached hydrogen (secondary N) is 1. The van der Waals surface area contributed by atoms with Crippen LogP contribution in [0.15, 0.2) is 24.3 Å². The average Bonchev–Trinajstić information content (AvgIpc) is 2.33. The number of rotatable bonds is 6. The molecule has 0 radical (unpaired) electrons. The van der Waals surface area contributed by atoms with Gasteiger partial charge in [0.1, 0.15) is 5.75 Å². The lowest BCUT2D eigenvalue weighted by Crippen LogP contribution is -2.27. The molecule has 0 saturated heterocycles. The Morgan fingerprint density at radius 1 is 1.25 bits per heavy atom. The molecule has 1 amide bonds. The van der Waals surface area contributed by atoms with Gasteiger partial charge in [-0.05, 0) is 18.6 Å².